The molecule has 0 bridgehead atoms. The van der Waals surface area contributed by atoms with Crippen LogP contribution in [0.15, 0.2) is 79.3 Å². The van der Waals surface area contributed by atoms with Crippen molar-refractivity contribution < 1.29 is 19.1 Å². The van der Waals surface area contributed by atoms with Gasteiger partial charge in [-0.1, -0.05) is 40.9 Å². The van der Waals surface area contributed by atoms with Gasteiger partial charge in [0.25, 0.3) is 5.91 Å². The number of carbonyl (C=O) groups is 3. The van der Waals surface area contributed by atoms with Crippen LogP contribution in [0.5, 0.6) is 5.75 Å². The first-order valence-electron chi connectivity index (χ1n) is 13.5. The molecule has 0 unspecified atom stereocenters. The van der Waals surface area contributed by atoms with Gasteiger partial charge in [0.15, 0.2) is 11.4 Å². The second kappa shape index (κ2) is 16.5. The summed E-state index contributed by atoms with van der Waals surface area (Å²) in [7, 11) is 1.53. The lowest BCUT2D eigenvalue weighted by atomic mass is 10.2. The van der Waals surface area contributed by atoms with Crippen LogP contribution in [-0.4, -0.2) is 45.8 Å². The number of nitrogens with one attached hydrogen (secondary N) is 3. The number of imidazole rings is 1. The summed E-state index contributed by atoms with van der Waals surface area (Å²) >= 11 is 19.5. The number of pyridine rings is 2. The molecule has 47 heavy (non-hydrogen) atoms. The quantitative estimate of drug-likeness (QED) is 0.144. The number of hydrogen-bond donors (Lipinski definition) is 3. The summed E-state index contributed by atoms with van der Waals surface area (Å²) in [6.45, 7) is 1.46. The van der Waals surface area contributed by atoms with E-state index in [-0.39, 0.29) is 48.9 Å². The molecule has 0 fully saturated rings. The first kappa shape index (κ1) is 37.2. The Balaban J connectivity index is 0.00000300. The number of amides is 4. The number of likely N-dealkylation sites (N-methyl/N-ethyl adjacent to an activating group) is 1. The zero-order chi connectivity index (χ0) is 32.1. The van der Waals surface area contributed by atoms with Gasteiger partial charge in [0, 0.05) is 53.2 Å². The summed E-state index contributed by atoms with van der Waals surface area (Å²) in [5.41, 5.74) is 3.32. The average Bonchev–Trinajstić information content (AvgIpc) is 3.33. The minimum Gasteiger partial charge on any atom is -0.485 e. The lowest BCUT2D eigenvalue weighted by Crippen LogP contribution is -2.40. The third-order valence-corrected chi connectivity index (χ3v) is 7.94. The Morgan fingerprint density at radius 1 is 0.936 bits per heavy atom. The van der Waals surface area contributed by atoms with Crippen molar-refractivity contribution >= 4 is 100 Å². The molecule has 246 valence electrons. The number of nitrogens with zero attached hydrogens (tertiary/aromatic N) is 4. The summed E-state index contributed by atoms with van der Waals surface area (Å²) < 4.78 is 7.72. The fourth-order valence-corrected chi connectivity index (χ4v) is 5.11. The maximum absolute atomic E-state index is 13.0. The number of carbonyl (C=O) groups excluding carboxylic acids is 3. The van der Waals surface area contributed by atoms with Gasteiger partial charge >= 0.3 is 6.03 Å². The molecule has 0 atom stereocenters. The van der Waals surface area contributed by atoms with E-state index in [1.807, 2.05) is 0 Å². The Labute approximate surface area is 297 Å². The Hall–Kier alpha value is -4.26. The van der Waals surface area contributed by atoms with Gasteiger partial charge in [-0.25, -0.2) is 9.78 Å². The number of fused-ring (bicyclic) bond motifs is 1. The van der Waals surface area contributed by atoms with Gasteiger partial charge in [-0.05, 0) is 61.5 Å². The maximum Gasteiger partial charge on any atom is 0.319 e. The lowest BCUT2D eigenvalue weighted by Gasteiger charge is -2.21. The van der Waals surface area contributed by atoms with Crippen LogP contribution in [0.1, 0.15) is 21.6 Å². The third kappa shape index (κ3) is 8.76. The summed E-state index contributed by atoms with van der Waals surface area (Å²) in [6.07, 6.45) is 4.90. The summed E-state index contributed by atoms with van der Waals surface area (Å²) in [5, 5.41) is 8.95. The average molecular weight is 740 g/mol. The number of benzene rings is 2. The Morgan fingerprint density at radius 2 is 1.68 bits per heavy atom. The number of rotatable bonds is 9. The highest BCUT2D eigenvalue weighted by molar-refractivity contribution is 6.38. The van der Waals surface area contributed by atoms with Gasteiger partial charge in [0.2, 0.25) is 5.91 Å². The molecule has 0 saturated heterocycles. The number of urea groups is 1. The Kier molecular flexibility index (Phi) is 13.1. The summed E-state index contributed by atoms with van der Waals surface area (Å²) in [5.74, 6) is -0.326. The molecule has 5 aromatic rings. The van der Waals surface area contributed by atoms with Crippen LogP contribution in [0.2, 0.25) is 15.2 Å². The molecule has 2 aromatic carbocycles. The molecule has 0 aliphatic rings. The number of anilines is 3. The molecule has 3 aromatic heterocycles. The van der Waals surface area contributed by atoms with Crippen molar-refractivity contribution in [1.29, 1.82) is 0 Å². The molecule has 3 N–H and O–H groups in total. The van der Waals surface area contributed by atoms with Crippen LogP contribution in [0.25, 0.3) is 5.65 Å². The lowest BCUT2D eigenvalue weighted by molar-refractivity contribution is -0.117. The molecule has 3 heterocycles. The van der Waals surface area contributed by atoms with Gasteiger partial charge in [-0.3, -0.25) is 19.0 Å². The van der Waals surface area contributed by atoms with Crippen molar-refractivity contribution in [1.82, 2.24) is 19.7 Å². The van der Waals surface area contributed by atoms with Crippen LogP contribution in [0, 0.1) is 6.92 Å². The highest BCUT2D eigenvalue weighted by Crippen LogP contribution is 2.35. The van der Waals surface area contributed by atoms with Gasteiger partial charge in [0.05, 0.1) is 22.9 Å². The zero-order valence-electron chi connectivity index (χ0n) is 24.8. The normalized spacial score (nSPS) is 10.3. The molecular weight excluding hydrogens is 712 g/mol. The molecule has 0 radical (unpaired) electrons. The standard InChI is InChI=1S/C31H26Cl3N7O4.2ClH/c1-18-28(34)41-14-4-7-25(29(41)37-18)45-17-22-23(32)8-9-24(27(22)33)40(2)26(42)16-36-31(44)39-21-6-3-5-19(15-21)30(43)38-20-10-12-35-13-11-20;;/h3-15H,16-17H2,1-2H3,(H,35,38,43)(H2,36,39,44);2*1H. The van der Waals surface area contributed by atoms with Crippen LogP contribution in [-0.2, 0) is 11.4 Å². The van der Waals surface area contributed by atoms with Crippen LogP contribution < -0.4 is 25.6 Å². The Morgan fingerprint density at radius 3 is 2.43 bits per heavy atom. The van der Waals surface area contributed by atoms with E-state index in [1.54, 1.807) is 84.5 Å². The minimum atomic E-state index is -0.636. The molecule has 5 rings (SSSR count). The third-order valence-electron chi connectivity index (χ3n) is 6.71. The first-order chi connectivity index (χ1) is 21.6. The predicted octanol–water partition coefficient (Wildman–Crippen LogP) is 7.46. The predicted molar refractivity (Wildman–Crippen MR) is 189 cm³/mol. The van der Waals surface area contributed by atoms with E-state index in [1.165, 1.54) is 18.0 Å². The van der Waals surface area contributed by atoms with E-state index < -0.39 is 11.9 Å². The van der Waals surface area contributed by atoms with E-state index in [4.69, 9.17) is 39.5 Å². The fraction of sp³-hybridized carbons (Fsp3) is 0.129. The van der Waals surface area contributed by atoms with E-state index in [2.05, 4.69) is 25.9 Å². The summed E-state index contributed by atoms with van der Waals surface area (Å²) in [4.78, 5) is 47.8. The summed E-state index contributed by atoms with van der Waals surface area (Å²) in [6, 6.07) is 15.8. The van der Waals surface area contributed by atoms with Gasteiger partial charge < -0.3 is 25.6 Å². The number of ether oxygens (including phenoxy) is 1. The monoisotopic (exact) mass is 737 g/mol. The highest BCUT2D eigenvalue weighted by atomic mass is 35.5. The Bertz CT molecular complexity index is 1910. The van der Waals surface area contributed by atoms with E-state index >= 15 is 0 Å². The molecule has 0 saturated carbocycles. The van der Waals surface area contributed by atoms with Crippen molar-refractivity contribution in [2.75, 3.05) is 29.1 Å². The maximum atomic E-state index is 13.0. The largest absolute Gasteiger partial charge is 0.485 e. The van der Waals surface area contributed by atoms with E-state index in [0.717, 1.165) is 0 Å². The van der Waals surface area contributed by atoms with E-state index in [9.17, 15) is 14.4 Å². The number of aryl methyl sites for hydroxylation is 1. The van der Waals surface area contributed by atoms with Crippen LogP contribution in [0.4, 0.5) is 21.9 Å². The van der Waals surface area contributed by atoms with Crippen molar-refractivity contribution in [2.45, 2.75) is 13.5 Å². The SMILES string of the molecule is Cc1nc2c(OCc3c(Cl)ccc(N(C)C(=O)CNC(=O)Nc4cccc(C(=O)Nc5ccncc5)c4)c3Cl)cccn2c1Cl.Cl.Cl. The number of aromatic nitrogens is 3. The molecule has 11 nitrogen and oxygen atoms in total. The van der Waals surface area contributed by atoms with Gasteiger partial charge in [-0.15, -0.1) is 24.8 Å². The first-order valence-corrected chi connectivity index (χ1v) is 14.6. The van der Waals surface area contributed by atoms with Gasteiger partial charge in [-0.2, -0.15) is 0 Å². The molecule has 0 aliphatic carbocycles. The van der Waals surface area contributed by atoms with E-state index in [0.29, 0.717) is 55.5 Å². The van der Waals surface area contributed by atoms with Crippen molar-refractivity contribution in [2.24, 2.45) is 0 Å². The molecule has 4 amide bonds. The zero-order valence-corrected chi connectivity index (χ0v) is 28.7. The molecule has 0 spiro atoms. The van der Waals surface area contributed by atoms with Crippen LogP contribution >= 0.6 is 59.6 Å². The highest BCUT2D eigenvalue weighted by Gasteiger charge is 2.20. The number of halogens is 5. The van der Waals surface area contributed by atoms with Crippen LogP contribution in [0.3, 0.4) is 0 Å². The number of hydrogen-bond acceptors (Lipinski definition) is 6. The second-order valence-electron chi connectivity index (χ2n) is 9.73. The molecule has 0 aliphatic heterocycles. The smallest absolute Gasteiger partial charge is 0.319 e. The minimum absolute atomic E-state index is 0. The molecular formula is C31H28Cl5N7O4. The van der Waals surface area contributed by atoms with Gasteiger partial charge in [0.1, 0.15) is 11.8 Å². The van der Waals surface area contributed by atoms with Crippen molar-refractivity contribution in [3.63, 3.8) is 0 Å². The fourth-order valence-electron chi connectivity index (χ4n) is 4.33. The molecule has 16 heteroatoms. The van der Waals surface area contributed by atoms with Crippen molar-refractivity contribution in [3.8, 4) is 5.75 Å². The van der Waals surface area contributed by atoms with Crippen molar-refractivity contribution in [3.05, 3.63) is 111 Å². The second-order valence-corrected chi connectivity index (χ2v) is 10.9. The topological polar surface area (TPSA) is 130 Å².